The largest absolute Gasteiger partial charge is 0.493 e. The van der Waals surface area contributed by atoms with Crippen LogP contribution in [0.3, 0.4) is 0 Å². The van der Waals surface area contributed by atoms with Crippen LogP contribution in [0.2, 0.25) is 0 Å². The maximum atomic E-state index is 12.7. The molecule has 0 radical (unpaired) electrons. The van der Waals surface area contributed by atoms with Gasteiger partial charge in [-0.3, -0.25) is 14.5 Å². The van der Waals surface area contributed by atoms with Crippen LogP contribution in [-0.4, -0.2) is 54.5 Å². The Kier molecular flexibility index (Phi) is 4.18. The first-order chi connectivity index (χ1) is 11.1. The Balaban J connectivity index is 1.75. The van der Waals surface area contributed by atoms with Gasteiger partial charge in [-0.05, 0) is 12.1 Å². The molecule has 7 nitrogen and oxygen atoms in total. The smallest absolute Gasteiger partial charge is 0.410 e. The van der Waals surface area contributed by atoms with Crippen LogP contribution in [0.25, 0.3) is 0 Å². The van der Waals surface area contributed by atoms with Gasteiger partial charge in [-0.25, -0.2) is 4.79 Å². The van der Waals surface area contributed by atoms with Gasteiger partial charge in [-0.1, -0.05) is 12.1 Å². The Morgan fingerprint density at radius 3 is 2.91 bits per heavy atom. The van der Waals surface area contributed by atoms with Crippen molar-refractivity contribution in [2.75, 3.05) is 19.7 Å². The van der Waals surface area contributed by atoms with E-state index in [0.717, 1.165) is 0 Å². The Labute approximate surface area is 133 Å². The first-order valence-corrected chi connectivity index (χ1v) is 7.54. The number of amides is 2. The molecule has 2 aliphatic heterocycles. The van der Waals surface area contributed by atoms with Crippen LogP contribution in [-0.2, 0) is 9.53 Å². The second kappa shape index (κ2) is 6.28. The van der Waals surface area contributed by atoms with E-state index < -0.39 is 18.2 Å². The Bertz CT molecular complexity index is 645. The molecule has 0 aromatic heterocycles. The fourth-order valence-electron chi connectivity index (χ4n) is 2.84. The van der Waals surface area contributed by atoms with Crippen molar-refractivity contribution in [3.05, 3.63) is 29.8 Å². The molecule has 0 saturated carbocycles. The van der Waals surface area contributed by atoms with Crippen LogP contribution in [0.4, 0.5) is 4.79 Å². The molecule has 0 bridgehead atoms. The lowest BCUT2D eigenvalue weighted by molar-refractivity contribution is -0.119. The third kappa shape index (κ3) is 3.13. The average molecular weight is 318 g/mol. The molecule has 0 spiro atoms. The minimum absolute atomic E-state index is 0.143. The van der Waals surface area contributed by atoms with Crippen molar-refractivity contribution in [1.29, 1.82) is 0 Å². The summed E-state index contributed by atoms with van der Waals surface area (Å²) in [6.07, 6.45) is -0.563. The predicted molar refractivity (Wildman–Crippen MR) is 80.3 cm³/mol. The minimum Gasteiger partial charge on any atom is -0.493 e. The second-order valence-electron chi connectivity index (χ2n) is 5.61. The monoisotopic (exact) mass is 318 g/mol. The SMILES string of the molecule is CC(=O)NC[C@H]1CN(C2CCOc3ccccc3C2=O)C(=O)O1. The van der Waals surface area contributed by atoms with Crippen LogP contribution < -0.4 is 10.1 Å². The summed E-state index contributed by atoms with van der Waals surface area (Å²) >= 11 is 0. The highest BCUT2D eigenvalue weighted by Crippen LogP contribution is 2.28. The Hall–Kier alpha value is -2.57. The van der Waals surface area contributed by atoms with E-state index in [9.17, 15) is 14.4 Å². The molecule has 1 aromatic rings. The lowest BCUT2D eigenvalue weighted by atomic mass is 10.0. The summed E-state index contributed by atoms with van der Waals surface area (Å²) in [7, 11) is 0. The van der Waals surface area contributed by atoms with Crippen molar-refractivity contribution in [2.24, 2.45) is 0 Å². The molecule has 1 N–H and O–H groups in total. The number of ketones is 1. The topological polar surface area (TPSA) is 84.9 Å². The standard InChI is InChI=1S/C16H18N2O5/c1-10(19)17-8-11-9-18(16(21)23-11)13-6-7-22-14-5-3-2-4-12(14)15(13)20/h2-5,11,13H,6-9H2,1H3,(H,17,19)/t11-,13?/m0/s1. The molecule has 1 fully saturated rings. The van der Waals surface area contributed by atoms with Crippen LogP contribution in [0.15, 0.2) is 24.3 Å². The molecule has 1 aromatic carbocycles. The third-order valence-electron chi connectivity index (χ3n) is 3.96. The van der Waals surface area contributed by atoms with Crippen LogP contribution >= 0.6 is 0 Å². The van der Waals surface area contributed by atoms with E-state index in [4.69, 9.17) is 9.47 Å². The average Bonchev–Trinajstić information content (AvgIpc) is 2.81. The molecular weight excluding hydrogens is 300 g/mol. The highest BCUT2D eigenvalue weighted by atomic mass is 16.6. The van der Waals surface area contributed by atoms with Gasteiger partial charge in [0.1, 0.15) is 17.9 Å². The summed E-state index contributed by atoms with van der Waals surface area (Å²) in [4.78, 5) is 37.2. The van der Waals surface area contributed by atoms with Crippen molar-refractivity contribution in [2.45, 2.75) is 25.5 Å². The number of carbonyl (C=O) groups is 3. The fraction of sp³-hybridized carbons (Fsp3) is 0.438. The van der Waals surface area contributed by atoms with Gasteiger partial charge in [0.2, 0.25) is 5.91 Å². The van der Waals surface area contributed by atoms with Crippen molar-refractivity contribution in [3.63, 3.8) is 0 Å². The second-order valence-corrected chi connectivity index (χ2v) is 5.61. The molecule has 23 heavy (non-hydrogen) atoms. The molecule has 1 saturated heterocycles. The lowest BCUT2D eigenvalue weighted by Crippen LogP contribution is -2.43. The molecule has 2 heterocycles. The zero-order valence-corrected chi connectivity index (χ0v) is 12.8. The number of rotatable bonds is 3. The zero-order chi connectivity index (χ0) is 16.4. The van der Waals surface area contributed by atoms with Crippen molar-refractivity contribution >= 4 is 17.8 Å². The molecule has 7 heteroatoms. The molecule has 0 aliphatic carbocycles. The van der Waals surface area contributed by atoms with E-state index in [2.05, 4.69) is 5.32 Å². The van der Waals surface area contributed by atoms with Gasteiger partial charge in [-0.2, -0.15) is 0 Å². The number of cyclic esters (lactones) is 1. The number of hydrogen-bond donors (Lipinski definition) is 1. The van der Waals surface area contributed by atoms with E-state index in [0.29, 0.717) is 24.3 Å². The fourth-order valence-corrected chi connectivity index (χ4v) is 2.84. The number of Topliss-reactive ketones (excluding diaryl/α,β-unsaturated/α-hetero) is 1. The highest BCUT2D eigenvalue weighted by molar-refractivity contribution is 6.04. The van der Waals surface area contributed by atoms with Crippen molar-refractivity contribution in [3.8, 4) is 5.75 Å². The summed E-state index contributed by atoms with van der Waals surface area (Å²) in [5.41, 5.74) is 0.480. The van der Waals surface area contributed by atoms with Gasteiger partial charge < -0.3 is 14.8 Å². The summed E-state index contributed by atoms with van der Waals surface area (Å²) in [5, 5.41) is 2.62. The van der Waals surface area contributed by atoms with Gasteiger partial charge in [0.05, 0.1) is 25.3 Å². The first-order valence-electron chi connectivity index (χ1n) is 7.54. The Morgan fingerprint density at radius 2 is 2.13 bits per heavy atom. The number of fused-ring (bicyclic) bond motifs is 1. The maximum Gasteiger partial charge on any atom is 0.410 e. The summed E-state index contributed by atoms with van der Waals surface area (Å²) in [6, 6.07) is 6.42. The van der Waals surface area contributed by atoms with E-state index >= 15 is 0 Å². The van der Waals surface area contributed by atoms with E-state index in [1.807, 2.05) is 0 Å². The van der Waals surface area contributed by atoms with Gasteiger partial charge in [0.25, 0.3) is 0 Å². The summed E-state index contributed by atoms with van der Waals surface area (Å²) in [6.45, 7) is 2.27. The molecule has 2 atom stereocenters. The summed E-state index contributed by atoms with van der Waals surface area (Å²) in [5.74, 6) is 0.213. The molecule has 3 rings (SSSR count). The normalized spacial score (nSPS) is 23.6. The number of carbonyl (C=O) groups excluding carboxylic acids is 3. The minimum atomic E-state index is -0.603. The quantitative estimate of drug-likeness (QED) is 0.898. The predicted octanol–water partition coefficient (Wildman–Crippen LogP) is 0.977. The van der Waals surface area contributed by atoms with Crippen LogP contribution in [0.1, 0.15) is 23.7 Å². The number of para-hydroxylation sites is 1. The van der Waals surface area contributed by atoms with Gasteiger partial charge in [0.15, 0.2) is 5.78 Å². The Morgan fingerprint density at radius 1 is 1.35 bits per heavy atom. The molecular formula is C16H18N2O5. The van der Waals surface area contributed by atoms with Crippen LogP contribution in [0, 0.1) is 0 Å². The molecule has 2 aliphatic rings. The van der Waals surface area contributed by atoms with Crippen molar-refractivity contribution in [1.82, 2.24) is 10.2 Å². The number of nitrogens with zero attached hydrogens (tertiary/aromatic N) is 1. The molecule has 122 valence electrons. The van der Waals surface area contributed by atoms with Crippen molar-refractivity contribution < 1.29 is 23.9 Å². The number of benzene rings is 1. The third-order valence-corrected chi connectivity index (χ3v) is 3.96. The number of hydrogen-bond acceptors (Lipinski definition) is 5. The van der Waals surface area contributed by atoms with E-state index in [1.54, 1.807) is 24.3 Å². The summed E-state index contributed by atoms with van der Waals surface area (Å²) < 4.78 is 10.8. The van der Waals surface area contributed by atoms with Gasteiger partial charge in [0, 0.05) is 13.3 Å². The van der Waals surface area contributed by atoms with E-state index in [-0.39, 0.29) is 24.8 Å². The van der Waals surface area contributed by atoms with Crippen LogP contribution in [0.5, 0.6) is 5.75 Å². The van der Waals surface area contributed by atoms with Gasteiger partial charge >= 0.3 is 6.09 Å². The zero-order valence-electron chi connectivity index (χ0n) is 12.8. The molecule has 2 amide bonds. The lowest BCUT2D eigenvalue weighted by Gasteiger charge is -2.22. The van der Waals surface area contributed by atoms with Gasteiger partial charge in [-0.15, -0.1) is 0 Å². The number of ether oxygens (including phenoxy) is 2. The number of nitrogens with one attached hydrogen (secondary N) is 1. The molecule has 1 unspecified atom stereocenters. The highest BCUT2D eigenvalue weighted by Gasteiger charge is 2.40. The maximum absolute atomic E-state index is 12.7. The van der Waals surface area contributed by atoms with E-state index in [1.165, 1.54) is 11.8 Å². The first kappa shape index (κ1) is 15.3.